The highest BCUT2D eigenvalue weighted by molar-refractivity contribution is 7.90. The molecule has 0 aromatic heterocycles. The van der Waals surface area contributed by atoms with Gasteiger partial charge in [-0.05, 0) is 71.6 Å². The fourth-order valence-corrected chi connectivity index (χ4v) is 6.44. The maximum absolute atomic E-state index is 13.5. The van der Waals surface area contributed by atoms with Crippen molar-refractivity contribution in [1.82, 2.24) is 15.1 Å². The predicted octanol–water partition coefficient (Wildman–Crippen LogP) is 3.31. The summed E-state index contributed by atoms with van der Waals surface area (Å²) in [5, 5.41) is 4.14. The summed E-state index contributed by atoms with van der Waals surface area (Å²) in [5.74, 6) is -3.83. The van der Waals surface area contributed by atoms with Crippen LogP contribution >= 0.6 is 11.6 Å². The Labute approximate surface area is 270 Å². The van der Waals surface area contributed by atoms with Crippen molar-refractivity contribution in [3.05, 3.63) is 58.6 Å². The van der Waals surface area contributed by atoms with E-state index in [0.29, 0.717) is 16.3 Å². The Kier molecular flexibility index (Phi) is 10.4. The van der Waals surface area contributed by atoms with Crippen LogP contribution in [-0.4, -0.2) is 96.5 Å². The Hall–Kier alpha value is -2.96. The molecule has 15 heteroatoms. The topological polar surface area (TPSA) is 116 Å². The van der Waals surface area contributed by atoms with Crippen molar-refractivity contribution in [2.75, 3.05) is 44.3 Å². The number of hydrogen-bond acceptors (Lipinski definition) is 6. The van der Waals surface area contributed by atoms with Crippen LogP contribution in [0.15, 0.2) is 47.4 Å². The van der Waals surface area contributed by atoms with E-state index in [1.165, 1.54) is 24.3 Å². The van der Waals surface area contributed by atoms with Crippen molar-refractivity contribution in [1.29, 1.82) is 0 Å². The smallest absolute Gasteiger partial charge is 0.255 e. The van der Waals surface area contributed by atoms with Gasteiger partial charge >= 0.3 is 0 Å². The van der Waals surface area contributed by atoms with Crippen LogP contribution in [0.2, 0.25) is 5.02 Å². The first-order chi connectivity index (χ1) is 20.9. The van der Waals surface area contributed by atoms with Crippen LogP contribution in [0.5, 0.6) is 0 Å². The normalized spacial score (nSPS) is 18.6. The highest BCUT2D eigenvalue weighted by Crippen LogP contribution is 2.45. The third kappa shape index (κ3) is 8.86. The standard InChI is InChI=1S/C30H35B2ClF2N4O5S/c1-28(9-11-29(34,35)12-10-28)18-25(40)36-19-26(41)38-13-15-39(16-14-38)30(31,32)23-17-21(33)5-8-24(23)37-27(42)20-3-6-22(7-4-20)45(2,43)44/h3-8,17H,9-16,18-19H2,1-2H3,(H,36,40)(H,37,42). The molecule has 1 aliphatic carbocycles. The molecule has 2 aliphatic rings. The second-order valence-corrected chi connectivity index (χ2v) is 14.7. The number of piperazine rings is 1. The highest BCUT2D eigenvalue weighted by atomic mass is 35.5. The average Bonchev–Trinajstić information content (AvgIpc) is 2.98. The minimum atomic E-state index is -3.42. The lowest BCUT2D eigenvalue weighted by molar-refractivity contribution is -0.135. The van der Waals surface area contributed by atoms with Crippen molar-refractivity contribution in [2.45, 2.75) is 55.2 Å². The van der Waals surface area contributed by atoms with Gasteiger partial charge in [0.05, 0.1) is 27.1 Å². The number of carbonyl (C=O) groups is 3. The summed E-state index contributed by atoms with van der Waals surface area (Å²) in [6.45, 7) is 2.72. The number of hydrogen-bond donors (Lipinski definition) is 2. The Bertz CT molecular complexity index is 1540. The number of nitrogens with one attached hydrogen (secondary N) is 2. The zero-order valence-electron chi connectivity index (χ0n) is 25.2. The number of rotatable bonds is 9. The summed E-state index contributed by atoms with van der Waals surface area (Å²) < 4.78 is 50.6. The van der Waals surface area contributed by atoms with Crippen molar-refractivity contribution >= 4 is 60.5 Å². The molecule has 2 aromatic rings. The number of carbonyl (C=O) groups excluding carboxylic acids is 3. The summed E-state index contributed by atoms with van der Waals surface area (Å²) >= 11 is 6.26. The van der Waals surface area contributed by atoms with Gasteiger partial charge in [-0.1, -0.05) is 18.5 Å². The molecule has 0 unspecified atom stereocenters. The molecule has 1 aliphatic heterocycles. The second kappa shape index (κ2) is 13.4. The lowest BCUT2D eigenvalue weighted by Crippen LogP contribution is -2.58. The van der Waals surface area contributed by atoms with Gasteiger partial charge in [-0.15, -0.1) is 0 Å². The van der Waals surface area contributed by atoms with Crippen LogP contribution in [0.25, 0.3) is 0 Å². The van der Waals surface area contributed by atoms with Gasteiger partial charge in [-0.25, -0.2) is 17.2 Å². The summed E-state index contributed by atoms with van der Waals surface area (Å²) in [4.78, 5) is 41.8. The van der Waals surface area contributed by atoms with Gasteiger partial charge in [0.2, 0.25) is 17.7 Å². The SMILES string of the molecule is [B]C([B])(c1cc(Cl)ccc1NC(=O)c1ccc(S(C)(=O)=O)cc1)N1CCN(C(=O)CNC(=O)CC2(C)CCC(F)(F)CC2)CC1. The molecule has 1 heterocycles. The van der Waals surface area contributed by atoms with E-state index in [-0.39, 0.29) is 87.1 Å². The van der Waals surface area contributed by atoms with Gasteiger partial charge in [0.25, 0.3) is 5.91 Å². The van der Waals surface area contributed by atoms with Crippen molar-refractivity contribution in [2.24, 2.45) is 5.41 Å². The van der Waals surface area contributed by atoms with Crippen LogP contribution in [0, 0.1) is 5.41 Å². The molecule has 9 nitrogen and oxygen atoms in total. The molecule has 45 heavy (non-hydrogen) atoms. The molecule has 2 fully saturated rings. The Balaban J connectivity index is 1.34. The Morgan fingerprint density at radius 1 is 0.978 bits per heavy atom. The minimum Gasteiger partial charge on any atom is -0.347 e. The minimum absolute atomic E-state index is 0.0808. The van der Waals surface area contributed by atoms with Gasteiger partial charge in [0.1, 0.15) is 0 Å². The molecule has 238 valence electrons. The van der Waals surface area contributed by atoms with Crippen LogP contribution in [0.4, 0.5) is 14.5 Å². The quantitative estimate of drug-likeness (QED) is 0.400. The van der Waals surface area contributed by atoms with Gasteiger partial charge in [-0.2, -0.15) is 0 Å². The maximum Gasteiger partial charge on any atom is 0.255 e. The monoisotopic (exact) mass is 658 g/mol. The van der Waals surface area contributed by atoms with Crippen LogP contribution < -0.4 is 10.6 Å². The summed E-state index contributed by atoms with van der Waals surface area (Å²) in [6, 6.07) is 10.2. The fourth-order valence-electron chi connectivity index (χ4n) is 5.63. The molecule has 4 rings (SSSR count). The lowest BCUT2D eigenvalue weighted by Gasteiger charge is -2.46. The maximum atomic E-state index is 13.5. The molecule has 3 amide bonds. The molecule has 1 saturated heterocycles. The first-order valence-electron chi connectivity index (χ1n) is 14.6. The first-order valence-corrected chi connectivity index (χ1v) is 16.8. The fraction of sp³-hybridized carbons (Fsp3) is 0.500. The van der Waals surface area contributed by atoms with Crippen molar-refractivity contribution in [3.63, 3.8) is 0 Å². The van der Waals surface area contributed by atoms with E-state index in [4.69, 9.17) is 27.3 Å². The zero-order valence-corrected chi connectivity index (χ0v) is 26.8. The van der Waals surface area contributed by atoms with Crippen molar-refractivity contribution in [3.8, 4) is 0 Å². The molecule has 2 aromatic carbocycles. The Morgan fingerprint density at radius 3 is 2.16 bits per heavy atom. The molecular weight excluding hydrogens is 623 g/mol. The van der Waals surface area contributed by atoms with Gasteiger partial charge in [0.15, 0.2) is 9.84 Å². The summed E-state index contributed by atoms with van der Waals surface area (Å²) in [6.07, 6.45) is 1.17. The summed E-state index contributed by atoms with van der Waals surface area (Å²) in [5.41, 5.74) is 0.333. The number of alkyl halides is 2. The molecule has 0 bridgehead atoms. The van der Waals surface area contributed by atoms with E-state index >= 15 is 0 Å². The number of anilines is 1. The van der Waals surface area contributed by atoms with E-state index < -0.39 is 32.4 Å². The number of benzene rings is 2. The van der Waals surface area contributed by atoms with E-state index in [1.807, 2.05) is 6.92 Å². The van der Waals surface area contributed by atoms with Crippen LogP contribution in [0.1, 0.15) is 54.9 Å². The average molecular weight is 659 g/mol. The third-order valence-corrected chi connectivity index (χ3v) is 9.94. The number of nitrogens with zero attached hydrogens (tertiary/aromatic N) is 2. The number of amides is 3. The first kappa shape index (κ1) is 34.9. The number of sulfone groups is 1. The zero-order chi connectivity index (χ0) is 33.2. The third-order valence-electron chi connectivity index (χ3n) is 8.57. The van der Waals surface area contributed by atoms with Crippen LogP contribution in [0.3, 0.4) is 0 Å². The van der Waals surface area contributed by atoms with E-state index in [9.17, 15) is 31.6 Å². The van der Waals surface area contributed by atoms with Crippen LogP contribution in [-0.2, 0) is 24.8 Å². The van der Waals surface area contributed by atoms with E-state index in [0.717, 1.165) is 6.26 Å². The lowest BCUT2D eigenvalue weighted by atomic mass is 9.56. The molecule has 2 N–H and O–H groups in total. The highest BCUT2D eigenvalue weighted by Gasteiger charge is 2.41. The largest absolute Gasteiger partial charge is 0.347 e. The second-order valence-electron chi connectivity index (χ2n) is 12.3. The molecule has 1 saturated carbocycles. The predicted molar refractivity (Wildman–Crippen MR) is 169 cm³/mol. The van der Waals surface area contributed by atoms with Gasteiger partial charge in [-0.3, -0.25) is 14.4 Å². The molecule has 0 spiro atoms. The Morgan fingerprint density at radius 2 is 1.58 bits per heavy atom. The van der Waals surface area contributed by atoms with Crippen molar-refractivity contribution < 1.29 is 31.6 Å². The van der Waals surface area contributed by atoms with E-state index in [2.05, 4.69) is 10.6 Å². The van der Waals surface area contributed by atoms with Gasteiger partial charge < -0.3 is 20.4 Å². The molecule has 4 radical (unpaired) electrons. The van der Waals surface area contributed by atoms with Gasteiger partial charge in [0, 0.05) is 68.0 Å². The number of halogens is 3. The molecule has 0 atom stereocenters. The summed E-state index contributed by atoms with van der Waals surface area (Å²) in [7, 11) is 9.82. The molecular formula is C30H35B2ClF2N4O5S. The van der Waals surface area contributed by atoms with E-state index in [1.54, 1.807) is 28.0 Å².